The molecule has 3 aromatic rings. The van der Waals surface area contributed by atoms with E-state index in [4.69, 9.17) is 0 Å². The maximum Gasteiger partial charge on any atom is 0.251 e. The molecule has 0 radical (unpaired) electrons. The number of carbonyl (C=O) groups excluding carboxylic acids is 1. The van der Waals surface area contributed by atoms with Gasteiger partial charge in [-0.15, -0.1) is 0 Å². The van der Waals surface area contributed by atoms with Crippen LogP contribution >= 0.6 is 0 Å². The number of fused-ring (bicyclic) bond motifs is 1. The summed E-state index contributed by atoms with van der Waals surface area (Å²) in [6, 6.07) is 11.6. The summed E-state index contributed by atoms with van der Waals surface area (Å²) in [5, 5.41) is 12.8. The number of H-pyrrole nitrogens is 1. The summed E-state index contributed by atoms with van der Waals surface area (Å²) in [6.45, 7) is 0. The van der Waals surface area contributed by atoms with Gasteiger partial charge < -0.3 is 10.6 Å². The van der Waals surface area contributed by atoms with Gasteiger partial charge in [-0.2, -0.15) is 5.10 Å². The third-order valence-corrected chi connectivity index (χ3v) is 3.18. The highest BCUT2D eigenvalue weighted by Crippen LogP contribution is 2.26. The lowest BCUT2D eigenvalue weighted by Gasteiger charge is -2.05. The molecule has 1 aromatic heterocycles. The molecule has 0 saturated carbocycles. The number of benzene rings is 2. The number of aromatic nitrogens is 2. The van der Waals surface area contributed by atoms with Crippen molar-refractivity contribution in [3.8, 4) is 0 Å². The van der Waals surface area contributed by atoms with Crippen molar-refractivity contribution in [1.82, 2.24) is 15.5 Å². The number of anilines is 2. The van der Waals surface area contributed by atoms with E-state index in [1.54, 1.807) is 43.4 Å². The predicted octanol–water partition coefficient (Wildman–Crippen LogP) is 2.81. The molecule has 106 valence electrons. The van der Waals surface area contributed by atoms with Gasteiger partial charge in [0.25, 0.3) is 5.91 Å². The first kappa shape index (κ1) is 13.1. The number of amides is 1. The lowest BCUT2D eigenvalue weighted by molar-refractivity contribution is 0.0963. The number of hydrogen-bond acceptors (Lipinski definition) is 3. The van der Waals surface area contributed by atoms with Crippen molar-refractivity contribution in [2.45, 2.75) is 0 Å². The highest BCUT2D eigenvalue weighted by molar-refractivity contribution is 5.95. The summed E-state index contributed by atoms with van der Waals surface area (Å²) in [4.78, 5) is 11.5. The molecule has 3 rings (SSSR count). The standard InChI is InChI=1S/C15H13FN4O/c1-17-15(21)9-5-7-10(8-6-9)18-14-13-11(16)3-2-4-12(13)19-20-14/h2-8H,1H3,(H,17,21)(H2,18,19,20). The average molecular weight is 284 g/mol. The number of aromatic amines is 1. The maximum atomic E-state index is 13.8. The molecule has 0 saturated heterocycles. The molecule has 0 aliphatic carbocycles. The first-order valence-corrected chi connectivity index (χ1v) is 6.41. The predicted molar refractivity (Wildman–Crippen MR) is 79.2 cm³/mol. The second-order valence-corrected chi connectivity index (χ2v) is 4.52. The van der Waals surface area contributed by atoms with Crippen LogP contribution in [0.1, 0.15) is 10.4 Å². The molecule has 3 N–H and O–H groups in total. The summed E-state index contributed by atoms with van der Waals surface area (Å²) in [7, 11) is 1.58. The lowest BCUT2D eigenvalue weighted by Crippen LogP contribution is -2.17. The summed E-state index contributed by atoms with van der Waals surface area (Å²) < 4.78 is 13.8. The fraction of sp³-hybridized carbons (Fsp3) is 0.0667. The first-order chi connectivity index (χ1) is 10.2. The fourth-order valence-corrected chi connectivity index (χ4v) is 2.11. The van der Waals surface area contributed by atoms with Crippen molar-refractivity contribution in [3.63, 3.8) is 0 Å². The molecule has 0 spiro atoms. The van der Waals surface area contributed by atoms with Gasteiger partial charge in [0.1, 0.15) is 5.82 Å². The second-order valence-electron chi connectivity index (χ2n) is 4.52. The number of hydrogen-bond donors (Lipinski definition) is 3. The second kappa shape index (κ2) is 5.24. The van der Waals surface area contributed by atoms with Crippen molar-refractivity contribution in [1.29, 1.82) is 0 Å². The molecule has 1 amide bonds. The van der Waals surface area contributed by atoms with Crippen molar-refractivity contribution >= 4 is 28.3 Å². The minimum Gasteiger partial charge on any atom is -0.355 e. The van der Waals surface area contributed by atoms with Crippen LogP contribution in [-0.2, 0) is 0 Å². The maximum absolute atomic E-state index is 13.8. The van der Waals surface area contributed by atoms with Crippen molar-refractivity contribution in [3.05, 3.63) is 53.8 Å². The number of nitrogens with one attached hydrogen (secondary N) is 3. The van der Waals surface area contributed by atoms with Gasteiger partial charge in [0.05, 0.1) is 10.9 Å². The molecule has 0 unspecified atom stereocenters. The van der Waals surface area contributed by atoms with E-state index >= 15 is 0 Å². The third-order valence-electron chi connectivity index (χ3n) is 3.18. The van der Waals surface area contributed by atoms with Gasteiger partial charge in [-0.05, 0) is 36.4 Å². The Morgan fingerprint density at radius 3 is 2.67 bits per heavy atom. The van der Waals surface area contributed by atoms with E-state index in [0.29, 0.717) is 22.3 Å². The van der Waals surface area contributed by atoms with Crippen LogP contribution in [0.15, 0.2) is 42.5 Å². The summed E-state index contributed by atoms with van der Waals surface area (Å²) in [6.07, 6.45) is 0. The van der Waals surface area contributed by atoms with Gasteiger partial charge in [-0.25, -0.2) is 4.39 Å². The molecule has 21 heavy (non-hydrogen) atoms. The molecular formula is C15H13FN4O. The molecule has 0 fully saturated rings. The van der Waals surface area contributed by atoms with Crippen LogP contribution < -0.4 is 10.6 Å². The highest BCUT2D eigenvalue weighted by atomic mass is 19.1. The van der Waals surface area contributed by atoms with E-state index in [-0.39, 0.29) is 11.7 Å². The smallest absolute Gasteiger partial charge is 0.251 e. The summed E-state index contributed by atoms with van der Waals surface area (Å²) in [5.74, 6) is -0.0839. The van der Waals surface area contributed by atoms with Crippen LogP contribution in [0.2, 0.25) is 0 Å². The lowest BCUT2D eigenvalue weighted by atomic mass is 10.2. The van der Waals surface area contributed by atoms with E-state index < -0.39 is 0 Å². The zero-order valence-electron chi connectivity index (χ0n) is 11.3. The largest absolute Gasteiger partial charge is 0.355 e. The van der Waals surface area contributed by atoms with E-state index in [2.05, 4.69) is 20.8 Å². The molecule has 0 aliphatic heterocycles. The zero-order chi connectivity index (χ0) is 14.8. The van der Waals surface area contributed by atoms with Gasteiger partial charge in [0.2, 0.25) is 0 Å². The van der Waals surface area contributed by atoms with Crippen LogP contribution in [0.3, 0.4) is 0 Å². The minimum atomic E-state index is -0.342. The third kappa shape index (κ3) is 2.43. The Kier molecular flexibility index (Phi) is 3.27. The number of carbonyl (C=O) groups is 1. The zero-order valence-corrected chi connectivity index (χ0v) is 11.3. The molecular weight excluding hydrogens is 271 g/mol. The Morgan fingerprint density at radius 2 is 1.95 bits per heavy atom. The van der Waals surface area contributed by atoms with Crippen molar-refractivity contribution in [2.75, 3.05) is 12.4 Å². The summed E-state index contributed by atoms with van der Waals surface area (Å²) >= 11 is 0. The number of rotatable bonds is 3. The summed E-state index contributed by atoms with van der Waals surface area (Å²) in [5.41, 5.74) is 1.90. The van der Waals surface area contributed by atoms with Crippen LogP contribution in [0.4, 0.5) is 15.9 Å². The quantitative estimate of drug-likeness (QED) is 0.692. The van der Waals surface area contributed by atoms with Gasteiger partial charge in [-0.3, -0.25) is 9.89 Å². The van der Waals surface area contributed by atoms with Crippen LogP contribution in [-0.4, -0.2) is 23.2 Å². The molecule has 0 aliphatic rings. The fourth-order valence-electron chi connectivity index (χ4n) is 2.11. The first-order valence-electron chi connectivity index (χ1n) is 6.41. The Balaban J connectivity index is 1.90. The van der Waals surface area contributed by atoms with Gasteiger partial charge >= 0.3 is 0 Å². The molecule has 5 nitrogen and oxygen atoms in total. The van der Waals surface area contributed by atoms with E-state index in [0.717, 1.165) is 5.69 Å². The molecule has 0 bridgehead atoms. The monoisotopic (exact) mass is 284 g/mol. The molecule has 2 aromatic carbocycles. The van der Waals surface area contributed by atoms with Gasteiger partial charge in [0, 0.05) is 18.3 Å². The van der Waals surface area contributed by atoms with Crippen molar-refractivity contribution in [2.24, 2.45) is 0 Å². The number of nitrogens with zero attached hydrogens (tertiary/aromatic N) is 1. The van der Waals surface area contributed by atoms with E-state index in [9.17, 15) is 9.18 Å². The molecule has 0 atom stereocenters. The SMILES string of the molecule is CNC(=O)c1ccc(Nc2n[nH]c3cccc(F)c23)cc1. The Bertz CT molecular complexity index is 795. The Hall–Kier alpha value is -2.89. The van der Waals surface area contributed by atoms with Crippen LogP contribution in [0, 0.1) is 5.82 Å². The number of halogens is 1. The van der Waals surface area contributed by atoms with E-state index in [1.807, 2.05) is 0 Å². The average Bonchev–Trinajstić information content (AvgIpc) is 2.92. The van der Waals surface area contributed by atoms with Crippen molar-refractivity contribution < 1.29 is 9.18 Å². The van der Waals surface area contributed by atoms with Gasteiger partial charge in [0.15, 0.2) is 5.82 Å². The minimum absolute atomic E-state index is 0.155. The Morgan fingerprint density at radius 1 is 1.19 bits per heavy atom. The van der Waals surface area contributed by atoms with Crippen LogP contribution in [0.5, 0.6) is 0 Å². The van der Waals surface area contributed by atoms with Crippen LogP contribution in [0.25, 0.3) is 10.9 Å². The topological polar surface area (TPSA) is 69.8 Å². The normalized spacial score (nSPS) is 10.6. The van der Waals surface area contributed by atoms with E-state index in [1.165, 1.54) is 6.07 Å². The highest BCUT2D eigenvalue weighted by Gasteiger charge is 2.10. The Labute approximate surface area is 120 Å². The molecule has 6 heteroatoms. The van der Waals surface area contributed by atoms with Gasteiger partial charge in [-0.1, -0.05) is 6.07 Å². The molecule has 1 heterocycles.